The van der Waals surface area contributed by atoms with Crippen LogP contribution in [0.15, 0.2) is 158 Å². The van der Waals surface area contributed by atoms with Crippen molar-refractivity contribution in [1.29, 1.82) is 0 Å². The molecule has 8 aromatic carbocycles. The topological polar surface area (TPSA) is 201 Å². The average Bonchev–Trinajstić information content (AvgIpc) is 1.64. The fourth-order valence-electron chi connectivity index (χ4n) is 16.2. The standard InChI is InChI=1S/C27H36F2N4O.C27H37FN4O.C26H34F2N4O.C26H35FN4O/c1-5-7-12-30-16-20-8-11-25-24(14-20)31-26(33(25)13-6-2)18-32(17-19(3)4)27(34)22-15-21(28)9-10-23(22)29;1-5-7-13-29-17-21-11-12-25-24(15-21)30-26(32(25)14-6-2)19-31(18-20(3)4)27(33)22-9-8-10-23(28)16-22;1-4-7-12-29-17-19-8-11-24-23(15-19)30-25(32(24)14-6-3)18-31(13-5-2)26(33)21-16-20(27)9-10-22(21)28;1-4-7-13-28-18-20-11-12-24-23(16-20)29-25(31(24)15-6-3)19-30(14-5-2)26(32)21-9-8-10-22(27)17-21/h8-11,14-15,19,30H,5-7,12-13,16-18H2,1-4H3;8-12,15-16,20,29H,5-7,13-14,17-19H2,1-4H3;8-11,15-16,29H,4-7,12-14,17-18H2,1-3H3;8-12,16-17,28H,4-7,13-15,18-19H2,1-3H3. The van der Waals surface area contributed by atoms with Gasteiger partial charge >= 0.3 is 0 Å². The highest BCUT2D eigenvalue weighted by Gasteiger charge is 2.28. The number of unbranched alkanes of at least 4 members (excludes halogenated alkanes) is 4. The van der Waals surface area contributed by atoms with Crippen LogP contribution in [0.2, 0.25) is 0 Å². The van der Waals surface area contributed by atoms with E-state index in [9.17, 15) is 45.5 Å². The number of carbonyl (C=O) groups excluding carboxylic acids is 4. The first-order valence-electron chi connectivity index (χ1n) is 48.1. The third-order valence-electron chi connectivity index (χ3n) is 22.6. The SMILES string of the molecule is CCCCNCc1ccc2c(c1)nc(CN(CC(C)C)C(=O)c1cc(F)ccc1F)n2CCC.CCCCNCc1ccc2c(c1)nc(CN(CC(C)C)C(=O)c1cccc(F)c1)n2CCC.CCCCNCc1ccc2c(c1)nc(CN(CCC)C(=O)c1cc(F)ccc1F)n2CCC.CCCCNCc1ccc2c(c1)nc(CN(CCC)C(=O)c1cccc(F)c1)n2CCC. The van der Waals surface area contributed by atoms with Gasteiger partial charge in [0.2, 0.25) is 0 Å². The number of halogens is 6. The van der Waals surface area contributed by atoms with E-state index in [1.54, 1.807) is 43.9 Å². The maximum Gasteiger partial charge on any atom is 0.257 e. The molecule has 20 nitrogen and oxygen atoms in total. The quantitative estimate of drug-likeness (QED) is 0.0208. The summed E-state index contributed by atoms with van der Waals surface area (Å²) in [7, 11) is 0. The third kappa shape index (κ3) is 30.5. The number of nitrogens with zero attached hydrogens (tertiary/aromatic N) is 12. The second-order valence-corrected chi connectivity index (χ2v) is 35.0. The number of hydrogen-bond acceptors (Lipinski definition) is 12. The minimum Gasteiger partial charge on any atom is -0.331 e. The van der Waals surface area contributed by atoms with Crippen molar-refractivity contribution >= 4 is 67.8 Å². The molecule has 0 saturated carbocycles. The van der Waals surface area contributed by atoms with E-state index in [4.69, 9.17) is 19.9 Å². The minimum atomic E-state index is -0.720. The maximum absolute atomic E-state index is 14.4. The van der Waals surface area contributed by atoms with Gasteiger partial charge in [-0.15, -0.1) is 0 Å². The normalized spacial score (nSPS) is 11.4. The molecule has 0 saturated heterocycles. The number of benzene rings is 8. The molecule has 12 rings (SSSR count). The van der Waals surface area contributed by atoms with E-state index in [1.807, 2.05) is 27.7 Å². The molecule has 0 aliphatic carbocycles. The number of fused-ring (bicyclic) bond motifs is 4. The maximum atomic E-state index is 14.4. The molecule has 4 aromatic heterocycles. The summed E-state index contributed by atoms with van der Waals surface area (Å²) >= 11 is 0. The van der Waals surface area contributed by atoms with Crippen LogP contribution in [0.5, 0.6) is 0 Å². The molecule has 0 aliphatic rings. The number of nitrogens with one attached hydrogen (secondary N) is 4. The van der Waals surface area contributed by atoms with Gasteiger partial charge in [0.15, 0.2) is 0 Å². The Bertz CT molecular complexity index is 5640. The summed E-state index contributed by atoms with van der Waals surface area (Å²) in [5, 5.41) is 13.9. The Hall–Kier alpha value is -11.1. The zero-order valence-corrected chi connectivity index (χ0v) is 80.5. The van der Waals surface area contributed by atoms with Gasteiger partial charge in [-0.3, -0.25) is 19.2 Å². The second kappa shape index (κ2) is 54.2. The number of carbonyl (C=O) groups is 4. The predicted octanol–water partition coefficient (Wildman–Crippen LogP) is 22.9. The Morgan fingerprint density at radius 2 is 0.583 bits per heavy atom. The molecule has 26 heteroatoms. The Morgan fingerprint density at radius 1 is 0.311 bits per heavy atom. The van der Waals surface area contributed by atoms with Gasteiger partial charge in [0.05, 0.1) is 81.4 Å². The Kier molecular flexibility index (Phi) is 43.0. The molecule has 12 aromatic rings. The van der Waals surface area contributed by atoms with Crippen molar-refractivity contribution in [2.45, 2.75) is 265 Å². The molecule has 0 unspecified atom stereocenters. The monoisotopic (exact) mass is 1820 g/mol. The van der Waals surface area contributed by atoms with Crippen molar-refractivity contribution in [3.05, 3.63) is 260 Å². The summed E-state index contributed by atoms with van der Waals surface area (Å²) in [6, 6.07) is 43.2. The van der Waals surface area contributed by atoms with E-state index in [1.165, 1.54) is 61.1 Å². The summed E-state index contributed by atoms with van der Waals surface area (Å²) in [5.41, 5.74) is 12.9. The van der Waals surface area contributed by atoms with E-state index in [2.05, 4.69) is 182 Å². The number of hydrogen-bond donors (Lipinski definition) is 4. The van der Waals surface area contributed by atoms with E-state index in [0.29, 0.717) is 56.8 Å². The molecule has 4 amide bonds. The summed E-state index contributed by atoms with van der Waals surface area (Å²) in [6.45, 7) is 43.0. The molecule has 4 N–H and O–H groups in total. The lowest BCUT2D eigenvalue weighted by atomic mass is 10.1. The van der Waals surface area contributed by atoms with Crippen molar-refractivity contribution < 1.29 is 45.5 Å². The van der Waals surface area contributed by atoms with Crippen molar-refractivity contribution in [3.63, 3.8) is 0 Å². The van der Waals surface area contributed by atoms with E-state index >= 15 is 0 Å². The van der Waals surface area contributed by atoms with E-state index in [0.717, 1.165) is 251 Å². The minimum absolute atomic E-state index is 0.158. The first-order chi connectivity index (χ1) is 63.8. The predicted molar refractivity (Wildman–Crippen MR) is 521 cm³/mol. The number of rotatable bonds is 48. The molecular weight excluding hydrogens is 1680 g/mol. The molecule has 712 valence electrons. The fraction of sp³-hybridized carbons (Fsp3) is 0.472. The Labute approximate surface area is 778 Å². The van der Waals surface area contributed by atoms with E-state index in [-0.39, 0.29) is 47.9 Å². The molecule has 0 spiro atoms. The summed E-state index contributed by atoms with van der Waals surface area (Å²) < 4.78 is 92.3. The number of aromatic nitrogens is 8. The van der Waals surface area contributed by atoms with Gasteiger partial charge in [0, 0.05) is 89.7 Å². The van der Waals surface area contributed by atoms with Crippen molar-refractivity contribution in [2.24, 2.45) is 11.8 Å². The first-order valence-corrected chi connectivity index (χ1v) is 48.1. The van der Waals surface area contributed by atoms with Crippen molar-refractivity contribution in [2.75, 3.05) is 52.4 Å². The van der Waals surface area contributed by atoms with Gasteiger partial charge in [-0.05, 0) is 246 Å². The van der Waals surface area contributed by atoms with Crippen LogP contribution in [0.25, 0.3) is 44.1 Å². The number of amides is 4. The van der Waals surface area contributed by atoms with Crippen LogP contribution >= 0.6 is 0 Å². The first kappa shape index (κ1) is 105. The lowest BCUT2D eigenvalue weighted by molar-refractivity contribution is 0.0706. The highest BCUT2D eigenvalue weighted by molar-refractivity contribution is 5.96. The highest BCUT2D eigenvalue weighted by Crippen LogP contribution is 2.29. The smallest absolute Gasteiger partial charge is 0.257 e. The molecule has 0 radical (unpaired) electrons. The molecular formula is C106H142F6N16O4. The fourth-order valence-corrected chi connectivity index (χ4v) is 16.2. The molecule has 0 atom stereocenters. The molecule has 132 heavy (non-hydrogen) atoms. The van der Waals surface area contributed by atoms with Gasteiger partial charge in [-0.25, -0.2) is 46.3 Å². The lowest BCUT2D eigenvalue weighted by Gasteiger charge is -2.25. The molecule has 0 bridgehead atoms. The summed E-state index contributed by atoms with van der Waals surface area (Å²) in [4.78, 5) is 79.0. The van der Waals surface area contributed by atoms with Crippen LogP contribution in [-0.4, -0.2) is 134 Å². The zero-order chi connectivity index (χ0) is 95.2. The van der Waals surface area contributed by atoms with Crippen molar-refractivity contribution in [3.8, 4) is 0 Å². The average molecular weight is 1820 g/mol. The van der Waals surface area contributed by atoms with Gasteiger partial charge in [0.1, 0.15) is 58.2 Å². The Balaban J connectivity index is 0.000000198. The summed E-state index contributed by atoms with van der Waals surface area (Å²) in [6.07, 6.45) is 14.6. The van der Waals surface area contributed by atoms with Gasteiger partial charge in [-0.1, -0.05) is 159 Å². The van der Waals surface area contributed by atoms with Gasteiger partial charge in [-0.2, -0.15) is 0 Å². The van der Waals surface area contributed by atoms with Crippen LogP contribution in [0.3, 0.4) is 0 Å². The summed E-state index contributed by atoms with van der Waals surface area (Å²) in [5.74, 6) is -1.20. The second-order valence-electron chi connectivity index (χ2n) is 35.0. The lowest BCUT2D eigenvalue weighted by Crippen LogP contribution is -2.35. The largest absolute Gasteiger partial charge is 0.331 e. The van der Waals surface area contributed by atoms with E-state index < -0.39 is 46.7 Å². The van der Waals surface area contributed by atoms with Crippen LogP contribution < -0.4 is 21.3 Å². The van der Waals surface area contributed by atoms with Crippen LogP contribution in [0.4, 0.5) is 26.3 Å². The number of aryl methyl sites for hydroxylation is 4. The van der Waals surface area contributed by atoms with Crippen molar-refractivity contribution in [1.82, 2.24) is 79.1 Å². The number of imidazole rings is 4. The highest BCUT2D eigenvalue weighted by atomic mass is 19.1. The zero-order valence-electron chi connectivity index (χ0n) is 80.5. The van der Waals surface area contributed by atoms with Crippen LogP contribution in [-0.2, 0) is 78.5 Å². The molecule has 4 heterocycles. The van der Waals surface area contributed by atoms with Gasteiger partial charge < -0.3 is 59.1 Å². The van der Waals surface area contributed by atoms with Crippen LogP contribution in [0, 0.1) is 46.7 Å². The van der Waals surface area contributed by atoms with Gasteiger partial charge in [0.25, 0.3) is 23.6 Å². The molecule has 0 aliphatic heterocycles. The molecule has 0 fully saturated rings. The van der Waals surface area contributed by atoms with Crippen LogP contribution in [0.1, 0.15) is 274 Å². The third-order valence-corrected chi connectivity index (χ3v) is 22.6. The Morgan fingerprint density at radius 3 is 0.864 bits per heavy atom.